The van der Waals surface area contributed by atoms with Gasteiger partial charge in [-0.05, 0) is 12.8 Å². The number of piperazine rings is 1. The maximum absolute atomic E-state index is 12.9. The third-order valence-corrected chi connectivity index (χ3v) is 8.12. The van der Waals surface area contributed by atoms with Crippen molar-refractivity contribution < 1.29 is 22.8 Å². The van der Waals surface area contributed by atoms with Crippen LogP contribution in [0.25, 0.3) is 0 Å². The highest BCUT2D eigenvalue weighted by Crippen LogP contribution is 2.25. The van der Waals surface area contributed by atoms with Crippen LogP contribution in [-0.2, 0) is 24.6 Å². The Morgan fingerprint density at radius 3 is 2.14 bits per heavy atom. The van der Waals surface area contributed by atoms with Crippen molar-refractivity contribution >= 4 is 27.9 Å². The van der Waals surface area contributed by atoms with Gasteiger partial charge in [-0.25, -0.2) is 0 Å². The highest BCUT2D eigenvalue weighted by atomic mass is 32.2. The van der Waals surface area contributed by atoms with Gasteiger partial charge in [-0.15, -0.1) is 0 Å². The van der Waals surface area contributed by atoms with Gasteiger partial charge < -0.3 is 4.90 Å². The Balaban J connectivity index is 1.48. The van der Waals surface area contributed by atoms with Crippen LogP contribution in [0.5, 0.6) is 0 Å². The molecule has 1 saturated carbocycles. The summed E-state index contributed by atoms with van der Waals surface area (Å²) in [5, 5.41) is 0. The topological polar surface area (TPSA) is 98.3 Å². The first-order valence-electron chi connectivity index (χ1n) is 10.1. The molecule has 9 nitrogen and oxygen atoms in total. The van der Waals surface area contributed by atoms with Crippen LogP contribution in [0.15, 0.2) is 0 Å². The summed E-state index contributed by atoms with van der Waals surface area (Å²) in [5.74, 6) is -0.593. The summed E-state index contributed by atoms with van der Waals surface area (Å²) in [6.45, 7) is 1.32. The summed E-state index contributed by atoms with van der Waals surface area (Å²) in [4.78, 5) is 38.4. The minimum Gasteiger partial charge on any atom is -0.340 e. The van der Waals surface area contributed by atoms with E-state index in [0.717, 1.165) is 30.6 Å². The second-order valence-electron chi connectivity index (χ2n) is 7.78. The van der Waals surface area contributed by atoms with Crippen LogP contribution < -0.4 is 0 Å². The summed E-state index contributed by atoms with van der Waals surface area (Å²) in [5.41, 5.74) is 0. The number of rotatable bonds is 6. The molecule has 10 heteroatoms. The molecule has 0 aromatic rings. The van der Waals surface area contributed by atoms with Gasteiger partial charge in [0.15, 0.2) is 0 Å². The number of imide groups is 1. The minimum absolute atomic E-state index is 0.0638. The zero-order chi connectivity index (χ0) is 20.3. The molecule has 28 heavy (non-hydrogen) atoms. The van der Waals surface area contributed by atoms with E-state index in [9.17, 15) is 22.8 Å². The molecule has 2 saturated heterocycles. The lowest BCUT2D eigenvalue weighted by atomic mass is 9.96. The summed E-state index contributed by atoms with van der Waals surface area (Å²) < 4.78 is 28.8. The maximum atomic E-state index is 12.9. The quantitative estimate of drug-likeness (QED) is 0.578. The second-order valence-corrected chi connectivity index (χ2v) is 9.77. The first-order valence-corrected chi connectivity index (χ1v) is 11.5. The fourth-order valence-corrected chi connectivity index (χ4v) is 5.80. The SMILES string of the molecule is CN(C1CCCCC1)S(=O)(=O)N1CCN(C(=O)CCN2C(=O)CCC2=O)CC1. The number of likely N-dealkylation sites (tertiary alicyclic amines) is 1. The van der Waals surface area contributed by atoms with Crippen LogP contribution in [0.4, 0.5) is 0 Å². The van der Waals surface area contributed by atoms with Gasteiger partial charge in [0.05, 0.1) is 0 Å². The van der Waals surface area contributed by atoms with E-state index in [2.05, 4.69) is 0 Å². The first kappa shape index (κ1) is 21.2. The van der Waals surface area contributed by atoms with Crippen LogP contribution in [0.2, 0.25) is 0 Å². The second kappa shape index (κ2) is 8.87. The third-order valence-electron chi connectivity index (χ3n) is 6.07. The molecule has 0 aromatic heterocycles. The van der Waals surface area contributed by atoms with Gasteiger partial charge in [0.1, 0.15) is 0 Å². The lowest BCUT2D eigenvalue weighted by molar-refractivity contribution is -0.139. The van der Waals surface area contributed by atoms with Gasteiger partial charge in [0.2, 0.25) is 17.7 Å². The average Bonchev–Trinajstić information content (AvgIpc) is 3.03. The Hall–Kier alpha value is -1.52. The monoisotopic (exact) mass is 414 g/mol. The van der Waals surface area contributed by atoms with Crippen molar-refractivity contribution in [3.8, 4) is 0 Å². The smallest absolute Gasteiger partial charge is 0.282 e. The number of hydrogen-bond acceptors (Lipinski definition) is 5. The molecule has 2 heterocycles. The average molecular weight is 415 g/mol. The molecule has 3 rings (SSSR count). The van der Waals surface area contributed by atoms with Gasteiger partial charge in [0.25, 0.3) is 10.2 Å². The standard InChI is InChI=1S/C18H30N4O5S/c1-19(15-5-3-2-4-6-15)28(26,27)21-13-11-20(12-14-21)16(23)9-10-22-17(24)7-8-18(22)25/h15H,2-14H2,1H3. The van der Waals surface area contributed by atoms with Crippen LogP contribution >= 0.6 is 0 Å². The van der Waals surface area contributed by atoms with Crippen LogP contribution in [0.3, 0.4) is 0 Å². The zero-order valence-corrected chi connectivity index (χ0v) is 17.3. The summed E-state index contributed by atoms with van der Waals surface area (Å²) in [7, 11) is -1.86. The van der Waals surface area contributed by atoms with E-state index in [0.29, 0.717) is 13.1 Å². The molecule has 2 aliphatic heterocycles. The minimum atomic E-state index is -3.52. The molecule has 3 fully saturated rings. The summed E-state index contributed by atoms with van der Waals surface area (Å²) in [6, 6.07) is 0.0638. The molecule has 0 spiro atoms. The van der Waals surface area contributed by atoms with Gasteiger partial charge in [-0.1, -0.05) is 19.3 Å². The molecular formula is C18H30N4O5S. The van der Waals surface area contributed by atoms with Crippen molar-refractivity contribution in [2.45, 2.75) is 57.4 Å². The Kier molecular flexibility index (Phi) is 6.72. The van der Waals surface area contributed by atoms with Gasteiger partial charge in [-0.2, -0.15) is 17.0 Å². The molecule has 0 N–H and O–H groups in total. The van der Waals surface area contributed by atoms with E-state index in [4.69, 9.17) is 0 Å². The largest absolute Gasteiger partial charge is 0.340 e. The fraction of sp³-hybridized carbons (Fsp3) is 0.833. The van der Waals surface area contributed by atoms with E-state index in [-0.39, 0.29) is 62.7 Å². The number of carbonyl (C=O) groups excluding carboxylic acids is 3. The molecule has 158 valence electrons. The Morgan fingerprint density at radius 2 is 1.57 bits per heavy atom. The van der Waals surface area contributed by atoms with E-state index < -0.39 is 10.2 Å². The van der Waals surface area contributed by atoms with E-state index in [1.54, 1.807) is 11.9 Å². The first-order chi connectivity index (χ1) is 13.3. The Labute approximate surface area is 166 Å². The van der Waals surface area contributed by atoms with Crippen molar-refractivity contribution in [2.75, 3.05) is 39.8 Å². The molecule has 0 aromatic carbocycles. The van der Waals surface area contributed by atoms with Gasteiger partial charge in [-0.3, -0.25) is 19.3 Å². The van der Waals surface area contributed by atoms with Gasteiger partial charge >= 0.3 is 0 Å². The molecule has 0 atom stereocenters. The van der Waals surface area contributed by atoms with Gasteiger partial charge in [0, 0.05) is 65.1 Å². The van der Waals surface area contributed by atoms with Crippen molar-refractivity contribution in [3.63, 3.8) is 0 Å². The number of amides is 3. The van der Waals surface area contributed by atoms with E-state index in [1.807, 2.05) is 0 Å². The third kappa shape index (κ3) is 4.55. The van der Waals surface area contributed by atoms with Crippen LogP contribution in [0, 0.1) is 0 Å². The zero-order valence-electron chi connectivity index (χ0n) is 16.5. The molecule has 0 bridgehead atoms. The van der Waals surface area contributed by atoms with Crippen molar-refractivity contribution in [2.24, 2.45) is 0 Å². The van der Waals surface area contributed by atoms with Crippen molar-refractivity contribution in [1.29, 1.82) is 0 Å². The number of nitrogens with zero attached hydrogens (tertiary/aromatic N) is 4. The molecule has 1 aliphatic carbocycles. The van der Waals surface area contributed by atoms with Crippen LogP contribution in [0.1, 0.15) is 51.4 Å². The molecule has 3 aliphatic rings. The van der Waals surface area contributed by atoms with E-state index >= 15 is 0 Å². The highest BCUT2D eigenvalue weighted by Gasteiger charge is 2.35. The lowest BCUT2D eigenvalue weighted by Crippen LogP contribution is -2.55. The highest BCUT2D eigenvalue weighted by molar-refractivity contribution is 7.86. The molecule has 3 amide bonds. The summed E-state index contributed by atoms with van der Waals surface area (Å²) in [6.07, 6.45) is 5.63. The number of hydrogen-bond donors (Lipinski definition) is 0. The lowest BCUT2D eigenvalue weighted by Gasteiger charge is -2.38. The predicted octanol–water partition coefficient (Wildman–Crippen LogP) is 0.179. The normalized spacial score (nSPS) is 23.1. The molecule has 0 unspecified atom stereocenters. The van der Waals surface area contributed by atoms with E-state index in [1.165, 1.54) is 15.0 Å². The molecule has 0 radical (unpaired) electrons. The van der Waals surface area contributed by atoms with Crippen molar-refractivity contribution in [3.05, 3.63) is 0 Å². The molecular weight excluding hydrogens is 384 g/mol. The summed E-state index contributed by atoms with van der Waals surface area (Å²) >= 11 is 0. The maximum Gasteiger partial charge on any atom is 0.282 e. The number of carbonyl (C=O) groups is 3. The Morgan fingerprint density at radius 1 is 1.00 bits per heavy atom. The van der Waals surface area contributed by atoms with Crippen LogP contribution in [-0.4, -0.2) is 90.4 Å². The fourth-order valence-electron chi connectivity index (χ4n) is 4.22. The predicted molar refractivity (Wildman–Crippen MR) is 102 cm³/mol. The Bertz CT molecular complexity index is 695. The van der Waals surface area contributed by atoms with Crippen molar-refractivity contribution in [1.82, 2.24) is 18.4 Å².